The standard InChI is InChI=1S/C8H17NO4.C7H8O3S/c1-9(2)13-12-7-5-3-4-6-8(10)11;1-6-2-4-7(5-3-6)11(8,9)10/h3-7H2,1-2H3,(H,10,11);2-5H,1H3,(H,8,9,10). The van der Waals surface area contributed by atoms with E-state index in [9.17, 15) is 13.2 Å². The number of aliphatic carboxylic acids is 1. The fourth-order valence-corrected chi connectivity index (χ4v) is 1.95. The maximum atomic E-state index is 10.5. The highest BCUT2D eigenvalue weighted by molar-refractivity contribution is 7.85. The van der Waals surface area contributed by atoms with Crippen molar-refractivity contribution in [2.45, 2.75) is 37.5 Å². The van der Waals surface area contributed by atoms with Crippen molar-refractivity contribution in [3.8, 4) is 0 Å². The summed E-state index contributed by atoms with van der Waals surface area (Å²) in [6.45, 7) is 2.34. The number of carboxylic acids is 1. The summed E-state index contributed by atoms with van der Waals surface area (Å²) in [5, 5.41) is 9.78. The molecule has 2 N–H and O–H groups in total. The van der Waals surface area contributed by atoms with Crippen LogP contribution in [0.2, 0.25) is 0 Å². The SMILES string of the molecule is CN(C)OOCCCCCC(=O)O.Cc1ccc(S(=O)(=O)O)cc1. The number of rotatable bonds is 9. The molecule has 0 atom stereocenters. The molecule has 138 valence electrons. The number of benzene rings is 1. The Morgan fingerprint density at radius 1 is 1.12 bits per heavy atom. The summed E-state index contributed by atoms with van der Waals surface area (Å²) in [7, 11) is -0.566. The van der Waals surface area contributed by atoms with Crippen molar-refractivity contribution < 1.29 is 32.7 Å². The smallest absolute Gasteiger partial charge is 0.303 e. The molecular formula is C15H25NO7S. The van der Waals surface area contributed by atoms with Crippen molar-refractivity contribution in [1.82, 2.24) is 5.06 Å². The Kier molecular flexibility index (Phi) is 11.2. The van der Waals surface area contributed by atoms with E-state index in [1.54, 1.807) is 26.2 Å². The lowest BCUT2D eigenvalue weighted by Gasteiger charge is -2.07. The van der Waals surface area contributed by atoms with E-state index in [2.05, 4.69) is 4.99 Å². The molecule has 24 heavy (non-hydrogen) atoms. The second-order valence-corrected chi connectivity index (χ2v) is 6.62. The number of carbonyl (C=O) groups is 1. The third-order valence-electron chi connectivity index (χ3n) is 2.64. The molecule has 0 aromatic heterocycles. The molecule has 0 bridgehead atoms. The van der Waals surface area contributed by atoms with Crippen LogP contribution in [0.1, 0.15) is 31.2 Å². The Labute approximate surface area is 142 Å². The summed E-state index contributed by atoms with van der Waals surface area (Å²) >= 11 is 0. The van der Waals surface area contributed by atoms with Crippen LogP contribution in [0, 0.1) is 6.92 Å². The molecule has 0 unspecified atom stereocenters. The van der Waals surface area contributed by atoms with Crippen LogP contribution in [0.25, 0.3) is 0 Å². The van der Waals surface area contributed by atoms with E-state index in [-0.39, 0.29) is 11.3 Å². The van der Waals surface area contributed by atoms with Crippen molar-refractivity contribution in [2.24, 2.45) is 0 Å². The van der Waals surface area contributed by atoms with Gasteiger partial charge in [-0.25, -0.2) is 4.89 Å². The average molecular weight is 363 g/mol. The fraction of sp³-hybridized carbons (Fsp3) is 0.533. The zero-order valence-corrected chi connectivity index (χ0v) is 15.0. The molecule has 0 saturated carbocycles. The van der Waals surface area contributed by atoms with Gasteiger partial charge in [-0.05, 0) is 31.9 Å². The van der Waals surface area contributed by atoms with Gasteiger partial charge in [-0.3, -0.25) is 9.35 Å². The molecule has 1 rings (SSSR count). The van der Waals surface area contributed by atoms with Gasteiger partial charge >= 0.3 is 5.97 Å². The first-order chi connectivity index (χ1) is 11.1. The Bertz CT molecular complexity index is 570. The fourth-order valence-electron chi connectivity index (χ4n) is 1.47. The Balaban J connectivity index is 0.000000446. The van der Waals surface area contributed by atoms with Crippen molar-refractivity contribution in [3.63, 3.8) is 0 Å². The summed E-state index contributed by atoms with van der Waals surface area (Å²) in [6, 6.07) is 5.99. The van der Waals surface area contributed by atoms with Crippen molar-refractivity contribution in [3.05, 3.63) is 29.8 Å². The highest BCUT2D eigenvalue weighted by atomic mass is 32.2. The number of hydrogen-bond acceptors (Lipinski definition) is 6. The predicted molar refractivity (Wildman–Crippen MR) is 87.8 cm³/mol. The van der Waals surface area contributed by atoms with E-state index in [0.717, 1.165) is 18.4 Å². The summed E-state index contributed by atoms with van der Waals surface area (Å²) in [4.78, 5) is 19.5. The van der Waals surface area contributed by atoms with E-state index >= 15 is 0 Å². The van der Waals surface area contributed by atoms with E-state index in [1.165, 1.54) is 17.2 Å². The average Bonchev–Trinajstić information content (AvgIpc) is 2.46. The van der Waals surface area contributed by atoms with Crippen LogP contribution in [0.4, 0.5) is 0 Å². The van der Waals surface area contributed by atoms with Gasteiger partial charge in [-0.15, -0.1) is 4.99 Å². The first kappa shape index (κ1) is 22.5. The Morgan fingerprint density at radius 3 is 2.17 bits per heavy atom. The summed E-state index contributed by atoms with van der Waals surface area (Å²) in [5.74, 6) is -0.745. The van der Waals surface area contributed by atoms with E-state index in [4.69, 9.17) is 14.5 Å². The molecule has 0 fully saturated rings. The zero-order chi connectivity index (χ0) is 18.6. The molecule has 0 radical (unpaired) electrons. The molecular weight excluding hydrogens is 338 g/mol. The van der Waals surface area contributed by atoms with Gasteiger partial charge in [0.25, 0.3) is 10.1 Å². The normalized spacial score (nSPS) is 11.0. The van der Waals surface area contributed by atoms with Crippen LogP contribution in [0.3, 0.4) is 0 Å². The molecule has 9 heteroatoms. The molecule has 0 aliphatic carbocycles. The molecule has 1 aromatic rings. The summed E-state index contributed by atoms with van der Waals surface area (Å²) in [5.41, 5.74) is 0.956. The number of aryl methyl sites for hydroxylation is 1. The quantitative estimate of drug-likeness (QED) is 0.297. The highest BCUT2D eigenvalue weighted by Gasteiger charge is 2.06. The monoisotopic (exact) mass is 363 g/mol. The third kappa shape index (κ3) is 13.0. The van der Waals surface area contributed by atoms with Gasteiger partial charge in [-0.2, -0.15) is 13.5 Å². The molecule has 8 nitrogen and oxygen atoms in total. The number of unbranched alkanes of at least 4 members (excludes halogenated alkanes) is 2. The van der Waals surface area contributed by atoms with Crippen molar-refractivity contribution in [1.29, 1.82) is 0 Å². The predicted octanol–water partition coefficient (Wildman–Crippen LogP) is 2.30. The number of hydroxylamine groups is 2. The number of carboxylic acid groups (broad SMARTS) is 1. The van der Waals surface area contributed by atoms with Crippen LogP contribution in [0.15, 0.2) is 29.2 Å². The molecule has 0 amide bonds. The molecule has 1 aromatic carbocycles. The van der Waals surface area contributed by atoms with Gasteiger partial charge in [-0.1, -0.05) is 24.1 Å². The Hall–Kier alpha value is -1.52. The minimum atomic E-state index is -4.02. The van der Waals surface area contributed by atoms with E-state index in [0.29, 0.717) is 13.0 Å². The van der Waals surface area contributed by atoms with Gasteiger partial charge in [0, 0.05) is 20.5 Å². The minimum absolute atomic E-state index is 0.0666. The van der Waals surface area contributed by atoms with Gasteiger partial charge in [0.05, 0.1) is 11.5 Å². The first-order valence-electron chi connectivity index (χ1n) is 7.36. The second-order valence-electron chi connectivity index (χ2n) is 5.20. The van der Waals surface area contributed by atoms with Crippen LogP contribution in [-0.4, -0.2) is 49.8 Å². The lowest BCUT2D eigenvalue weighted by atomic mass is 10.2. The van der Waals surface area contributed by atoms with Crippen LogP contribution in [-0.2, 0) is 24.8 Å². The van der Waals surface area contributed by atoms with Gasteiger partial charge < -0.3 is 5.11 Å². The van der Waals surface area contributed by atoms with E-state index in [1.807, 2.05) is 6.92 Å². The topological polar surface area (TPSA) is 113 Å². The molecule has 0 saturated heterocycles. The largest absolute Gasteiger partial charge is 0.481 e. The summed E-state index contributed by atoms with van der Waals surface area (Å²) in [6.07, 6.45) is 2.60. The number of nitrogens with zero attached hydrogens (tertiary/aromatic N) is 1. The molecule has 0 spiro atoms. The lowest BCUT2D eigenvalue weighted by Crippen LogP contribution is -2.13. The third-order valence-corrected chi connectivity index (χ3v) is 3.51. The zero-order valence-electron chi connectivity index (χ0n) is 14.1. The second kappa shape index (κ2) is 11.9. The molecule has 0 heterocycles. The van der Waals surface area contributed by atoms with Gasteiger partial charge in [0.15, 0.2) is 0 Å². The maximum absolute atomic E-state index is 10.5. The summed E-state index contributed by atoms with van der Waals surface area (Å²) < 4.78 is 29.6. The highest BCUT2D eigenvalue weighted by Crippen LogP contribution is 2.08. The maximum Gasteiger partial charge on any atom is 0.303 e. The van der Waals surface area contributed by atoms with Gasteiger partial charge in [0.2, 0.25) is 0 Å². The van der Waals surface area contributed by atoms with Crippen molar-refractivity contribution >= 4 is 16.1 Å². The minimum Gasteiger partial charge on any atom is -0.481 e. The van der Waals surface area contributed by atoms with E-state index < -0.39 is 16.1 Å². The molecule has 0 aliphatic rings. The Morgan fingerprint density at radius 2 is 1.71 bits per heavy atom. The van der Waals surface area contributed by atoms with Crippen LogP contribution < -0.4 is 0 Å². The van der Waals surface area contributed by atoms with Crippen molar-refractivity contribution in [2.75, 3.05) is 20.7 Å². The number of hydrogen-bond donors (Lipinski definition) is 2. The molecule has 0 aliphatic heterocycles. The van der Waals surface area contributed by atoms with Gasteiger partial charge in [0.1, 0.15) is 0 Å². The first-order valence-corrected chi connectivity index (χ1v) is 8.80. The van der Waals surface area contributed by atoms with Crippen LogP contribution in [0.5, 0.6) is 0 Å². The lowest BCUT2D eigenvalue weighted by molar-refractivity contribution is -0.412. The van der Waals surface area contributed by atoms with Crippen LogP contribution >= 0.6 is 0 Å².